The summed E-state index contributed by atoms with van der Waals surface area (Å²) in [7, 11) is 0. The van der Waals surface area contributed by atoms with Crippen molar-refractivity contribution >= 4 is 23.7 Å². The third-order valence-corrected chi connectivity index (χ3v) is 5.33. The Balaban J connectivity index is 1.35. The minimum absolute atomic E-state index is 0.109. The normalized spacial score (nSPS) is 15.5. The zero-order valence-electron chi connectivity index (χ0n) is 18.3. The highest BCUT2D eigenvalue weighted by molar-refractivity contribution is 5.89. The largest absolute Gasteiger partial charge is 0.445 e. The smallest absolute Gasteiger partial charge is 0.407 e. The Morgan fingerprint density at radius 1 is 1.03 bits per heavy atom. The van der Waals surface area contributed by atoms with Gasteiger partial charge in [0.05, 0.1) is 0 Å². The molecule has 1 aliphatic rings. The number of ether oxygens (including phenoxy) is 1. The molecular formula is C24H30N4O4. The lowest BCUT2D eigenvalue weighted by molar-refractivity contribution is -0.131. The Labute approximate surface area is 188 Å². The molecule has 8 nitrogen and oxygen atoms in total. The van der Waals surface area contributed by atoms with Crippen molar-refractivity contribution in [3.63, 3.8) is 0 Å². The molecule has 3 N–H and O–H groups in total. The average molecular weight is 439 g/mol. The molecule has 0 radical (unpaired) electrons. The van der Waals surface area contributed by atoms with Crippen molar-refractivity contribution in [3.8, 4) is 0 Å². The lowest BCUT2D eigenvalue weighted by Crippen LogP contribution is -2.47. The van der Waals surface area contributed by atoms with Gasteiger partial charge in [-0.3, -0.25) is 4.79 Å². The number of anilines is 1. The van der Waals surface area contributed by atoms with Crippen molar-refractivity contribution in [1.82, 2.24) is 15.5 Å². The second-order valence-electron chi connectivity index (χ2n) is 7.96. The highest BCUT2D eigenvalue weighted by Gasteiger charge is 2.24. The lowest BCUT2D eigenvalue weighted by atomic mass is 9.98. The monoisotopic (exact) mass is 438 g/mol. The van der Waals surface area contributed by atoms with Crippen LogP contribution in [0.2, 0.25) is 0 Å². The van der Waals surface area contributed by atoms with Gasteiger partial charge in [-0.2, -0.15) is 0 Å². The molecule has 1 aliphatic heterocycles. The minimum atomic E-state index is -0.620. The van der Waals surface area contributed by atoms with Crippen LogP contribution in [0.5, 0.6) is 0 Å². The van der Waals surface area contributed by atoms with Crippen LogP contribution >= 0.6 is 0 Å². The first-order valence-electron chi connectivity index (χ1n) is 10.8. The zero-order valence-corrected chi connectivity index (χ0v) is 18.3. The number of nitrogens with one attached hydrogen (secondary N) is 3. The average Bonchev–Trinajstić information content (AvgIpc) is 2.82. The van der Waals surface area contributed by atoms with Crippen LogP contribution in [-0.4, -0.2) is 49.1 Å². The Bertz CT molecular complexity index is 902. The van der Waals surface area contributed by atoms with Crippen molar-refractivity contribution in [2.75, 3.05) is 31.5 Å². The summed E-state index contributed by atoms with van der Waals surface area (Å²) >= 11 is 0. The maximum Gasteiger partial charge on any atom is 0.407 e. The number of rotatable bonds is 7. The van der Waals surface area contributed by atoms with E-state index in [1.165, 1.54) is 0 Å². The summed E-state index contributed by atoms with van der Waals surface area (Å²) in [4.78, 5) is 38.2. The van der Waals surface area contributed by atoms with Crippen LogP contribution in [0.3, 0.4) is 0 Å². The number of urea groups is 1. The number of carbonyl (C=O) groups excluding carboxylic acids is 3. The highest BCUT2D eigenvalue weighted by atomic mass is 16.5. The van der Waals surface area contributed by atoms with Crippen LogP contribution < -0.4 is 16.0 Å². The number of aryl methyl sites for hydroxylation is 1. The van der Waals surface area contributed by atoms with Crippen LogP contribution in [-0.2, 0) is 16.1 Å². The van der Waals surface area contributed by atoms with E-state index < -0.39 is 6.09 Å². The van der Waals surface area contributed by atoms with Crippen LogP contribution in [0.4, 0.5) is 15.3 Å². The standard InChI is InChI=1S/C24H30N4O4/c1-18-9-11-21(12-10-18)27-23(30)25-14-20-8-5-13-28(16-20)22(29)15-26-24(31)32-17-19-6-3-2-4-7-19/h2-4,6-7,9-12,20H,5,8,13-17H2,1H3,(H,26,31)(H2,25,27,30). The van der Waals surface area contributed by atoms with E-state index >= 15 is 0 Å². The van der Waals surface area contributed by atoms with Crippen molar-refractivity contribution in [2.24, 2.45) is 5.92 Å². The Morgan fingerprint density at radius 3 is 2.53 bits per heavy atom. The molecule has 32 heavy (non-hydrogen) atoms. The molecule has 0 saturated carbocycles. The fourth-order valence-electron chi connectivity index (χ4n) is 3.54. The summed E-state index contributed by atoms with van der Waals surface area (Å²) in [6.45, 7) is 3.71. The molecule has 1 fully saturated rings. The first-order valence-corrected chi connectivity index (χ1v) is 10.8. The molecule has 4 amide bonds. The van der Waals surface area contributed by atoms with Crippen molar-refractivity contribution in [1.29, 1.82) is 0 Å². The van der Waals surface area contributed by atoms with Gasteiger partial charge in [-0.25, -0.2) is 9.59 Å². The van der Waals surface area contributed by atoms with Gasteiger partial charge < -0.3 is 25.6 Å². The van der Waals surface area contributed by atoms with E-state index in [4.69, 9.17) is 4.74 Å². The Hall–Kier alpha value is -3.55. The minimum Gasteiger partial charge on any atom is -0.445 e. The molecule has 0 spiro atoms. The molecule has 0 aromatic heterocycles. The molecule has 8 heteroatoms. The summed E-state index contributed by atoms with van der Waals surface area (Å²) in [6.07, 6.45) is 1.17. The van der Waals surface area contributed by atoms with Crippen LogP contribution in [0.1, 0.15) is 24.0 Å². The van der Waals surface area contributed by atoms with Gasteiger partial charge in [0.2, 0.25) is 5.91 Å². The molecule has 2 aromatic rings. The van der Waals surface area contributed by atoms with Gasteiger partial charge in [0.15, 0.2) is 0 Å². The lowest BCUT2D eigenvalue weighted by Gasteiger charge is -2.33. The second-order valence-corrected chi connectivity index (χ2v) is 7.96. The number of hydrogen-bond acceptors (Lipinski definition) is 4. The first kappa shape index (κ1) is 23.1. The van der Waals surface area contributed by atoms with E-state index in [0.29, 0.717) is 19.6 Å². The third kappa shape index (κ3) is 7.61. The van der Waals surface area contributed by atoms with E-state index in [1.807, 2.05) is 61.5 Å². The fraction of sp³-hybridized carbons (Fsp3) is 0.375. The van der Waals surface area contributed by atoms with Crippen LogP contribution in [0, 0.1) is 12.8 Å². The number of benzene rings is 2. The van der Waals surface area contributed by atoms with Gasteiger partial charge >= 0.3 is 12.1 Å². The number of alkyl carbamates (subject to hydrolysis) is 1. The molecule has 0 bridgehead atoms. The Kier molecular flexibility index (Phi) is 8.48. The molecule has 1 heterocycles. The number of piperidine rings is 1. The van der Waals surface area contributed by atoms with Gasteiger partial charge in [-0.15, -0.1) is 0 Å². The molecule has 1 unspecified atom stereocenters. The SMILES string of the molecule is Cc1ccc(NC(=O)NCC2CCCN(C(=O)CNC(=O)OCc3ccccc3)C2)cc1. The van der Waals surface area contributed by atoms with Crippen molar-refractivity contribution in [2.45, 2.75) is 26.4 Å². The van der Waals surface area contributed by atoms with E-state index in [-0.39, 0.29) is 31.0 Å². The molecular weight excluding hydrogens is 408 g/mol. The van der Waals surface area contributed by atoms with Gasteiger partial charge in [-0.05, 0) is 43.4 Å². The summed E-state index contributed by atoms with van der Waals surface area (Å²) in [5, 5.41) is 8.20. The van der Waals surface area contributed by atoms with Crippen LogP contribution in [0.25, 0.3) is 0 Å². The molecule has 1 saturated heterocycles. The van der Waals surface area contributed by atoms with E-state index in [9.17, 15) is 14.4 Å². The number of hydrogen-bond donors (Lipinski definition) is 3. The van der Waals surface area contributed by atoms with Gasteiger partial charge in [-0.1, -0.05) is 48.0 Å². The number of amides is 4. The molecule has 170 valence electrons. The van der Waals surface area contributed by atoms with E-state index in [0.717, 1.165) is 29.7 Å². The van der Waals surface area contributed by atoms with Crippen molar-refractivity contribution in [3.05, 3.63) is 65.7 Å². The third-order valence-electron chi connectivity index (χ3n) is 5.33. The number of likely N-dealkylation sites (tertiary alicyclic amines) is 1. The predicted molar refractivity (Wildman–Crippen MR) is 122 cm³/mol. The topological polar surface area (TPSA) is 99.8 Å². The zero-order chi connectivity index (χ0) is 22.8. The van der Waals surface area contributed by atoms with E-state index in [2.05, 4.69) is 16.0 Å². The fourth-order valence-corrected chi connectivity index (χ4v) is 3.54. The van der Waals surface area contributed by atoms with Crippen LogP contribution in [0.15, 0.2) is 54.6 Å². The highest BCUT2D eigenvalue weighted by Crippen LogP contribution is 2.16. The van der Waals surface area contributed by atoms with Gasteiger partial charge in [0.1, 0.15) is 13.2 Å². The molecule has 0 aliphatic carbocycles. The van der Waals surface area contributed by atoms with Gasteiger partial charge in [0.25, 0.3) is 0 Å². The maximum absolute atomic E-state index is 12.5. The summed E-state index contributed by atoms with van der Waals surface area (Å²) in [6, 6.07) is 16.7. The quantitative estimate of drug-likeness (QED) is 0.618. The number of carbonyl (C=O) groups is 3. The maximum atomic E-state index is 12.5. The summed E-state index contributed by atoms with van der Waals surface area (Å²) < 4.78 is 5.13. The van der Waals surface area contributed by atoms with E-state index in [1.54, 1.807) is 4.90 Å². The molecule has 3 rings (SSSR count). The Morgan fingerprint density at radius 2 is 1.78 bits per heavy atom. The van der Waals surface area contributed by atoms with Crippen molar-refractivity contribution < 1.29 is 19.1 Å². The predicted octanol–water partition coefficient (Wildman–Crippen LogP) is 3.28. The second kappa shape index (κ2) is 11.7. The van der Waals surface area contributed by atoms with Gasteiger partial charge in [0, 0.05) is 25.3 Å². The first-order chi connectivity index (χ1) is 15.5. The summed E-state index contributed by atoms with van der Waals surface area (Å²) in [5.74, 6) is 0.0111. The molecule has 1 atom stereocenters. The molecule has 2 aromatic carbocycles. The summed E-state index contributed by atoms with van der Waals surface area (Å²) in [5.41, 5.74) is 2.74. The number of nitrogens with zero attached hydrogens (tertiary/aromatic N) is 1.